The average molecular weight is 502 g/mol. The average Bonchev–Trinajstić information content (AvgIpc) is 2.80. The van der Waals surface area contributed by atoms with Gasteiger partial charge in [0.05, 0.1) is 0 Å². The van der Waals surface area contributed by atoms with Crippen LogP contribution in [0.15, 0.2) is 78.9 Å². The van der Waals surface area contributed by atoms with Crippen LogP contribution in [-0.2, 0) is 10.4 Å². The first kappa shape index (κ1) is 25.8. The van der Waals surface area contributed by atoms with Gasteiger partial charge >= 0.3 is 10.4 Å². The maximum absolute atomic E-state index is 11.1. The van der Waals surface area contributed by atoms with Crippen molar-refractivity contribution in [3.8, 4) is 11.5 Å². The molecule has 3 aromatic carbocycles. The summed E-state index contributed by atoms with van der Waals surface area (Å²) < 4.78 is 41.5. The Bertz CT molecular complexity index is 1190. The molecule has 0 saturated carbocycles. The highest BCUT2D eigenvalue weighted by atomic mass is 35.5. The van der Waals surface area contributed by atoms with Gasteiger partial charge in [0.25, 0.3) is 0 Å². The second kappa shape index (κ2) is 12.0. The Hall–Kier alpha value is -2.84. The molecule has 0 heterocycles. The van der Waals surface area contributed by atoms with Crippen molar-refractivity contribution < 1.29 is 21.9 Å². The molecule has 3 aromatic rings. The molecule has 0 amide bonds. The first-order valence-electron chi connectivity index (χ1n) is 10.8. The Morgan fingerprint density at radius 1 is 0.853 bits per heavy atom. The van der Waals surface area contributed by atoms with Crippen LogP contribution in [0.2, 0.25) is 0 Å². The lowest BCUT2D eigenvalue weighted by molar-refractivity contribution is 0.261. The second-order valence-electron chi connectivity index (χ2n) is 7.87. The molecule has 0 saturated heterocycles. The van der Waals surface area contributed by atoms with E-state index < -0.39 is 10.4 Å². The number of ether oxygens (including phenoxy) is 1. The van der Waals surface area contributed by atoms with Crippen molar-refractivity contribution >= 4 is 33.1 Å². The highest BCUT2D eigenvalue weighted by molar-refractivity contribution is 7.81. The van der Waals surface area contributed by atoms with Crippen LogP contribution < -0.4 is 8.92 Å². The third kappa shape index (κ3) is 7.60. The van der Waals surface area contributed by atoms with E-state index in [0.717, 1.165) is 40.1 Å². The molecule has 0 aliphatic rings. The van der Waals surface area contributed by atoms with E-state index >= 15 is 0 Å². The van der Waals surface area contributed by atoms with Crippen molar-refractivity contribution in [1.29, 1.82) is 0 Å². The van der Waals surface area contributed by atoms with E-state index in [-0.39, 0.29) is 5.75 Å². The van der Waals surface area contributed by atoms with Gasteiger partial charge in [-0.15, -0.1) is 11.6 Å². The summed E-state index contributed by atoms with van der Waals surface area (Å²) in [6.45, 7) is 1.41. The van der Waals surface area contributed by atoms with Gasteiger partial charge in [-0.1, -0.05) is 54.6 Å². The molecular formula is C26H28ClNO5S. The molecule has 0 unspecified atom stereocenters. The molecule has 8 heteroatoms. The fourth-order valence-corrected chi connectivity index (χ4v) is 4.07. The molecule has 0 aliphatic carbocycles. The highest BCUT2D eigenvalue weighted by Gasteiger charge is 2.15. The third-order valence-corrected chi connectivity index (χ3v) is 5.66. The van der Waals surface area contributed by atoms with Crippen LogP contribution in [0.4, 0.5) is 0 Å². The van der Waals surface area contributed by atoms with Crippen molar-refractivity contribution in [3.63, 3.8) is 0 Å². The van der Waals surface area contributed by atoms with Crippen LogP contribution in [0.1, 0.15) is 23.1 Å². The minimum Gasteiger partial charge on any atom is -0.492 e. The summed E-state index contributed by atoms with van der Waals surface area (Å²) in [5.74, 6) is 1.23. The topological polar surface area (TPSA) is 76.1 Å². The lowest BCUT2D eigenvalue weighted by atomic mass is 9.88. The number of hydrogen-bond donors (Lipinski definition) is 1. The van der Waals surface area contributed by atoms with E-state index in [1.165, 1.54) is 12.1 Å². The minimum absolute atomic E-state index is 0.0221. The summed E-state index contributed by atoms with van der Waals surface area (Å²) in [5, 5.41) is 0. The number of allylic oxidation sites excluding steroid dienone is 1. The second-order valence-corrected chi connectivity index (χ2v) is 9.27. The largest absolute Gasteiger partial charge is 0.492 e. The van der Waals surface area contributed by atoms with Crippen molar-refractivity contribution in [2.24, 2.45) is 0 Å². The number of benzene rings is 3. The number of nitrogens with zero attached hydrogens (tertiary/aromatic N) is 1. The first-order valence-corrected chi connectivity index (χ1v) is 12.7. The number of likely N-dealkylation sites (N-methyl/N-ethyl adjacent to an activating group) is 1. The van der Waals surface area contributed by atoms with E-state index in [0.29, 0.717) is 18.9 Å². The van der Waals surface area contributed by atoms with Crippen LogP contribution in [-0.4, -0.2) is 51.0 Å². The zero-order chi connectivity index (χ0) is 24.6. The molecule has 6 nitrogen and oxygen atoms in total. The van der Waals surface area contributed by atoms with Crippen LogP contribution in [0.25, 0.3) is 11.1 Å². The van der Waals surface area contributed by atoms with Gasteiger partial charge in [0.1, 0.15) is 18.1 Å². The molecule has 1 N–H and O–H groups in total. The van der Waals surface area contributed by atoms with E-state index in [9.17, 15) is 8.42 Å². The van der Waals surface area contributed by atoms with Crippen molar-refractivity contribution in [2.45, 2.75) is 6.42 Å². The number of rotatable bonds is 11. The summed E-state index contributed by atoms with van der Waals surface area (Å²) >= 11 is 6.20. The summed E-state index contributed by atoms with van der Waals surface area (Å²) in [7, 11) is -0.599. The van der Waals surface area contributed by atoms with Crippen LogP contribution in [0.3, 0.4) is 0 Å². The minimum atomic E-state index is -4.59. The van der Waals surface area contributed by atoms with Gasteiger partial charge in [-0.25, -0.2) is 0 Å². The normalized spacial score (nSPS) is 12.4. The van der Waals surface area contributed by atoms with E-state index in [1.54, 1.807) is 12.1 Å². The molecule has 0 aliphatic heterocycles. The van der Waals surface area contributed by atoms with Crippen LogP contribution in [0, 0.1) is 0 Å². The van der Waals surface area contributed by atoms with Gasteiger partial charge in [-0.3, -0.25) is 4.55 Å². The molecule has 0 spiro atoms. The molecule has 0 atom stereocenters. The lowest BCUT2D eigenvalue weighted by Gasteiger charge is -2.18. The van der Waals surface area contributed by atoms with Crippen LogP contribution in [0.5, 0.6) is 11.5 Å². The monoisotopic (exact) mass is 501 g/mol. The van der Waals surface area contributed by atoms with E-state index in [4.69, 9.17) is 20.9 Å². The number of alkyl halides is 1. The van der Waals surface area contributed by atoms with Crippen molar-refractivity contribution in [2.75, 3.05) is 33.1 Å². The quantitative estimate of drug-likeness (QED) is 0.215. The predicted octanol–water partition coefficient (Wildman–Crippen LogP) is 5.40. The Balaban J connectivity index is 2.05. The Kier molecular flexibility index (Phi) is 9.12. The molecule has 180 valence electrons. The Morgan fingerprint density at radius 3 is 1.91 bits per heavy atom. The summed E-state index contributed by atoms with van der Waals surface area (Å²) in [6.07, 6.45) is 0.630. The van der Waals surface area contributed by atoms with Gasteiger partial charge in [-0.05, 0) is 72.6 Å². The molecule has 0 fully saturated rings. The first-order chi connectivity index (χ1) is 16.3. The van der Waals surface area contributed by atoms with E-state index in [1.807, 2.05) is 68.7 Å². The molecule has 0 bridgehead atoms. The van der Waals surface area contributed by atoms with Gasteiger partial charge in [0, 0.05) is 12.4 Å². The number of halogens is 1. The smallest absolute Gasteiger partial charge is 0.446 e. The maximum Gasteiger partial charge on any atom is 0.446 e. The van der Waals surface area contributed by atoms with Gasteiger partial charge < -0.3 is 13.8 Å². The molecule has 34 heavy (non-hydrogen) atoms. The Morgan fingerprint density at radius 2 is 1.41 bits per heavy atom. The van der Waals surface area contributed by atoms with Crippen molar-refractivity contribution in [1.82, 2.24) is 4.90 Å². The van der Waals surface area contributed by atoms with Gasteiger partial charge in [0.15, 0.2) is 0 Å². The summed E-state index contributed by atoms with van der Waals surface area (Å²) in [6, 6.07) is 24.4. The Labute approximate surface area is 206 Å². The van der Waals surface area contributed by atoms with Crippen LogP contribution >= 0.6 is 11.6 Å². The van der Waals surface area contributed by atoms with Gasteiger partial charge in [-0.2, -0.15) is 8.42 Å². The predicted molar refractivity (Wildman–Crippen MR) is 137 cm³/mol. The third-order valence-electron chi connectivity index (χ3n) is 5.06. The van der Waals surface area contributed by atoms with E-state index in [2.05, 4.69) is 9.08 Å². The lowest BCUT2D eigenvalue weighted by Crippen LogP contribution is -2.19. The summed E-state index contributed by atoms with van der Waals surface area (Å²) in [4.78, 5) is 2.06. The maximum atomic E-state index is 11.1. The summed E-state index contributed by atoms with van der Waals surface area (Å²) in [5.41, 5.74) is 4.88. The highest BCUT2D eigenvalue weighted by Crippen LogP contribution is 2.36. The standard InChI is InChI=1S/C26H28ClNO5S/c1-28(2)18-19-32-23-12-8-21(9-13-23)26(25(16-17-27)20-6-4-3-5-7-20)22-10-14-24(15-11-22)33-34(29,30)31/h3-15H,16-19H2,1-2H3,(H,29,30,31)/b26-25+. The molecule has 0 radical (unpaired) electrons. The zero-order valence-electron chi connectivity index (χ0n) is 19.1. The van der Waals surface area contributed by atoms with Crippen molar-refractivity contribution in [3.05, 3.63) is 95.6 Å². The molecular weight excluding hydrogens is 474 g/mol. The fraction of sp³-hybridized carbons (Fsp3) is 0.231. The molecule has 0 aromatic heterocycles. The molecule has 3 rings (SSSR count). The number of hydrogen-bond acceptors (Lipinski definition) is 5. The fourth-order valence-electron chi connectivity index (χ4n) is 3.53. The SMILES string of the molecule is CN(C)CCOc1ccc(/C(=C(/CCCl)c2ccccc2)c2ccc(OS(=O)(=O)O)cc2)cc1. The zero-order valence-corrected chi connectivity index (χ0v) is 20.7. The van der Waals surface area contributed by atoms with Gasteiger partial charge in [0.2, 0.25) is 0 Å².